The molecule has 0 nitrogen and oxygen atoms in total. The van der Waals surface area contributed by atoms with Crippen LogP contribution >= 0.6 is 0 Å². The first-order valence-corrected chi connectivity index (χ1v) is 11.1. The van der Waals surface area contributed by atoms with Gasteiger partial charge in [-0.25, -0.2) is 6.07 Å². The van der Waals surface area contributed by atoms with Gasteiger partial charge >= 0.3 is 21.1 Å². The molecule has 0 N–H and O–H groups in total. The first-order valence-electron chi connectivity index (χ1n) is 7.41. The zero-order valence-corrected chi connectivity index (χ0v) is 17.1. The molecule has 0 bridgehead atoms. The molecule has 0 spiro atoms. The molecule has 0 saturated heterocycles. The number of benzene rings is 2. The predicted molar refractivity (Wildman–Crippen MR) is 98.4 cm³/mol. The van der Waals surface area contributed by atoms with E-state index in [0.717, 1.165) is 0 Å². The van der Waals surface area contributed by atoms with Gasteiger partial charge in [-0.05, 0) is 10.8 Å². The van der Waals surface area contributed by atoms with Crippen LogP contribution < -0.4 is 0 Å². The van der Waals surface area contributed by atoms with Gasteiger partial charge in [-0.2, -0.15) is 23.3 Å². The molecule has 0 atom stereocenters. The number of hydrogen-bond acceptors (Lipinski definition) is 0. The van der Waals surface area contributed by atoms with Crippen LogP contribution in [0.5, 0.6) is 0 Å². The van der Waals surface area contributed by atoms with Crippen molar-refractivity contribution in [3.05, 3.63) is 72.8 Å². The van der Waals surface area contributed by atoms with E-state index in [-0.39, 0.29) is 21.1 Å². The van der Waals surface area contributed by atoms with Gasteiger partial charge in [0.05, 0.1) is 0 Å². The maximum Gasteiger partial charge on any atom is 2.00 e. The molecule has 0 heterocycles. The van der Waals surface area contributed by atoms with Gasteiger partial charge < -0.3 is 6.55 Å². The Balaban J connectivity index is 0.000000356. The van der Waals surface area contributed by atoms with Crippen molar-refractivity contribution < 1.29 is 21.1 Å². The van der Waals surface area contributed by atoms with Crippen molar-refractivity contribution in [2.75, 3.05) is 0 Å². The summed E-state index contributed by atoms with van der Waals surface area (Å²) in [5.41, 5.74) is 3.96. The van der Waals surface area contributed by atoms with E-state index >= 15 is 0 Å². The summed E-state index contributed by atoms with van der Waals surface area (Å²) in [4.78, 5) is 0. The normalized spacial score (nSPS) is 10.6. The van der Waals surface area contributed by atoms with Gasteiger partial charge in [-0.15, -0.1) is 8.07 Å². The van der Waals surface area contributed by atoms with E-state index in [1.165, 1.54) is 27.5 Å². The van der Waals surface area contributed by atoms with E-state index in [2.05, 4.69) is 93.8 Å². The molecule has 0 aliphatic rings. The van der Waals surface area contributed by atoms with E-state index in [1.807, 2.05) is 0 Å². The fourth-order valence-corrected chi connectivity index (χ4v) is 2.21. The molecule has 0 aliphatic carbocycles. The number of fused-ring (bicyclic) bond motifs is 1. The van der Waals surface area contributed by atoms with Crippen molar-refractivity contribution in [3.63, 3.8) is 0 Å². The summed E-state index contributed by atoms with van der Waals surface area (Å²) in [6.07, 6.45) is 0. The Morgan fingerprint density at radius 2 is 1.50 bits per heavy atom. The largest absolute Gasteiger partial charge is 2.00 e. The van der Waals surface area contributed by atoms with Crippen LogP contribution in [0.3, 0.4) is 0 Å². The van der Waals surface area contributed by atoms with Crippen molar-refractivity contribution in [1.29, 1.82) is 0 Å². The minimum absolute atomic E-state index is 0. The molecule has 2 heteroatoms. The molecular formula is C20H24PtSi. The molecule has 0 aromatic heterocycles. The topological polar surface area (TPSA) is 0 Å². The van der Waals surface area contributed by atoms with Crippen molar-refractivity contribution in [2.45, 2.75) is 26.6 Å². The summed E-state index contributed by atoms with van der Waals surface area (Å²) in [5.74, 6) is 0. The van der Waals surface area contributed by atoms with Gasteiger partial charge in [0.1, 0.15) is 0 Å². The van der Waals surface area contributed by atoms with Crippen LogP contribution in [0.15, 0.2) is 60.7 Å². The molecule has 0 fully saturated rings. The fourth-order valence-electron chi connectivity index (χ4n) is 2.21. The van der Waals surface area contributed by atoms with Crippen LogP contribution in [0.25, 0.3) is 21.9 Å². The van der Waals surface area contributed by atoms with Crippen LogP contribution in [-0.4, -0.2) is 8.07 Å². The molecule has 118 valence electrons. The van der Waals surface area contributed by atoms with Crippen molar-refractivity contribution in [2.24, 2.45) is 0 Å². The summed E-state index contributed by atoms with van der Waals surface area (Å²) in [7, 11) is -0.861. The SMILES string of the molecule is C[c-]1ccc(-c2cccc3ccccc23)c1.[CH2-][Si](C)(C)C.[Pt+2]. The van der Waals surface area contributed by atoms with Gasteiger partial charge in [-0.3, -0.25) is 0 Å². The first kappa shape index (κ1) is 19.0. The number of hydrogen-bond donors (Lipinski definition) is 0. The standard InChI is InChI=1S/C16H13.C4H11Si.Pt/c1-12-9-10-14(11-12)16-8-4-6-13-5-2-3-7-15(13)16;1-5(2,3)4;/h2-11H,1H3;1H2,2-4H3;/q2*-1;+2. The molecule has 0 unspecified atom stereocenters. The molecule has 0 saturated carbocycles. The number of aryl methyl sites for hydroxylation is 1. The second-order valence-electron chi connectivity index (χ2n) is 6.76. The molecule has 0 aliphatic heterocycles. The average molecular weight is 488 g/mol. The Morgan fingerprint density at radius 3 is 2.09 bits per heavy atom. The molecule has 3 aromatic rings. The first-order chi connectivity index (χ1) is 9.84. The minimum Gasteiger partial charge on any atom is -0.342 e. The van der Waals surface area contributed by atoms with E-state index in [4.69, 9.17) is 0 Å². The van der Waals surface area contributed by atoms with Gasteiger partial charge in [-0.1, -0.05) is 74.6 Å². The Hall–Kier alpha value is -1.04. The third-order valence-electron chi connectivity index (χ3n) is 3.01. The Kier molecular flexibility index (Phi) is 6.90. The second-order valence-corrected chi connectivity index (χ2v) is 11.9. The molecular weight excluding hydrogens is 463 g/mol. The minimum atomic E-state index is -0.861. The molecule has 0 radical (unpaired) electrons. The maximum absolute atomic E-state index is 3.91. The van der Waals surface area contributed by atoms with E-state index in [9.17, 15) is 0 Å². The van der Waals surface area contributed by atoms with Crippen LogP contribution in [0.2, 0.25) is 19.6 Å². The van der Waals surface area contributed by atoms with Gasteiger partial charge in [0.25, 0.3) is 0 Å². The van der Waals surface area contributed by atoms with Gasteiger partial charge in [0.15, 0.2) is 0 Å². The zero-order chi connectivity index (χ0) is 15.5. The average Bonchev–Trinajstić information content (AvgIpc) is 2.83. The second kappa shape index (κ2) is 7.99. The quantitative estimate of drug-likeness (QED) is 0.282. The third-order valence-corrected chi connectivity index (χ3v) is 3.01. The smallest absolute Gasteiger partial charge is 0.342 e. The van der Waals surface area contributed by atoms with Crippen molar-refractivity contribution in [3.8, 4) is 11.1 Å². The monoisotopic (exact) mass is 487 g/mol. The van der Waals surface area contributed by atoms with Crippen LogP contribution in [0, 0.1) is 13.5 Å². The van der Waals surface area contributed by atoms with E-state index in [0.29, 0.717) is 0 Å². The van der Waals surface area contributed by atoms with E-state index in [1.54, 1.807) is 0 Å². The Bertz CT molecular complexity index is 708. The van der Waals surface area contributed by atoms with Gasteiger partial charge in [0, 0.05) is 0 Å². The van der Waals surface area contributed by atoms with Crippen molar-refractivity contribution >= 4 is 18.8 Å². The fraction of sp³-hybridized carbons (Fsp3) is 0.200. The summed E-state index contributed by atoms with van der Waals surface area (Å²) in [6, 6.07) is 21.6. The number of rotatable bonds is 1. The van der Waals surface area contributed by atoms with Crippen molar-refractivity contribution in [1.82, 2.24) is 0 Å². The Labute approximate surface area is 150 Å². The summed E-state index contributed by atoms with van der Waals surface area (Å²) < 4.78 is 0. The summed E-state index contributed by atoms with van der Waals surface area (Å²) in [6.45, 7) is 12.7. The molecule has 3 aromatic carbocycles. The van der Waals surface area contributed by atoms with Crippen LogP contribution in [-0.2, 0) is 21.1 Å². The maximum atomic E-state index is 3.91. The van der Waals surface area contributed by atoms with Gasteiger partial charge in [0.2, 0.25) is 0 Å². The third kappa shape index (κ3) is 5.63. The Morgan fingerprint density at radius 1 is 0.909 bits per heavy atom. The summed E-state index contributed by atoms with van der Waals surface area (Å²) in [5, 5.41) is 2.63. The molecule has 0 amide bonds. The van der Waals surface area contributed by atoms with Crippen LogP contribution in [0.1, 0.15) is 5.56 Å². The van der Waals surface area contributed by atoms with E-state index < -0.39 is 8.07 Å². The molecule has 3 rings (SSSR count). The summed E-state index contributed by atoms with van der Waals surface area (Å²) >= 11 is 0. The molecule has 22 heavy (non-hydrogen) atoms. The zero-order valence-electron chi connectivity index (χ0n) is 13.8. The van der Waals surface area contributed by atoms with Crippen LogP contribution in [0.4, 0.5) is 0 Å². The predicted octanol–water partition coefficient (Wildman–Crippen LogP) is 6.23.